The predicted octanol–water partition coefficient (Wildman–Crippen LogP) is 6.18. The average molecular weight is 489 g/mol. The second kappa shape index (κ2) is 11.2. The SMILES string of the molecule is CCOC(=O)c1sc(C)nc1-c1ccc(F)cc1.Cc1nc(-c2ccc(F)cc2)c(CO)s1. The van der Waals surface area contributed by atoms with Gasteiger partial charge in [-0.15, -0.1) is 22.7 Å². The molecule has 0 aliphatic heterocycles. The van der Waals surface area contributed by atoms with E-state index in [0.29, 0.717) is 22.7 Å². The summed E-state index contributed by atoms with van der Waals surface area (Å²) in [6.07, 6.45) is 0. The molecule has 0 saturated carbocycles. The number of ether oxygens (including phenoxy) is 1. The van der Waals surface area contributed by atoms with Gasteiger partial charge in [-0.2, -0.15) is 0 Å². The van der Waals surface area contributed by atoms with E-state index in [-0.39, 0.29) is 24.2 Å². The zero-order valence-corrected chi connectivity index (χ0v) is 19.9. The highest BCUT2D eigenvalue weighted by molar-refractivity contribution is 7.14. The van der Waals surface area contributed by atoms with Gasteiger partial charge in [0.1, 0.15) is 16.5 Å². The van der Waals surface area contributed by atoms with E-state index in [1.807, 2.05) is 13.8 Å². The van der Waals surface area contributed by atoms with Crippen LogP contribution in [0.2, 0.25) is 0 Å². The number of hydrogen-bond acceptors (Lipinski definition) is 7. The number of halogens is 2. The van der Waals surface area contributed by atoms with Crippen LogP contribution in [0.15, 0.2) is 48.5 Å². The van der Waals surface area contributed by atoms with Crippen molar-refractivity contribution in [3.8, 4) is 22.5 Å². The lowest BCUT2D eigenvalue weighted by Gasteiger charge is -2.02. The van der Waals surface area contributed by atoms with Gasteiger partial charge >= 0.3 is 5.97 Å². The van der Waals surface area contributed by atoms with Crippen LogP contribution in [0, 0.1) is 25.5 Å². The molecular formula is C24H22F2N2O3S2. The maximum absolute atomic E-state index is 12.9. The van der Waals surface area contributed by atoms with Gasteiger partial charge in [0, 0.05) is 11.1 Å². The molecule has 2 aromatic carbocycles. The number of aromatic nitrogens is 2. The lowest BCUT2D eigenvalue weighted by atomic mass is 10.1. The minimum Gasteiger partial charge on any atom is -0.462 e. The molecule has 0 unspecified atom stereocenters. The van der Waals surface area contributed by atoms with E-state index in [9.17, 15) is 13.6 Å². The Morgan fingerprint density at radius 2 is 1.36 bits per heavy atom. The molecule has 0 spiro atoms. The number of carbonyl (C=O) groups is 1. The Balaban J connectivity index is 0.000000189. The number of rotatable bonds is 5. The topological polar surface area (TPSA) is 72.3 Å². The zero-order valence-electron chi connectivity index (χ0n) is 18.3. The third kappa shape index (κ3) is 6.28. The molecule has 0 amide bonds. The number of aliphatic hydroxyl groups excluding tert-OH is 1. The third-order valence-electron chi connectivity index (χ3n) is 4.38. The third-order valence-corrected chi connectivity index (χ3v) is 6.28. The minimum absolute atomic E-state index is 0.0295. The summed E-state index contributed by atoms with van der Waals surface area (Å²) in [5.41, 5.74) is 2.85. The van der Waals surface area contributed by atoms with Crippen LogP contribution in [0.1, 0.15) is 31.5 Å². The van der Waals surface area contributed by atoms with Crippen molar-refractivity contribution in [3.63, 3.8) is 0 Å². The van der Waals surface area contributed by atoms with Crippen molar-refractivity contribution in [2.24, 2.45) is 0 Å². The summed E-state index contributed by atoms with van der Waals surface area (Å²) in [7, 11) is 0. The van der Waals surface area contributed by atoms with E-state index >= 15 is 0 Å². The number of aryl methyl sites for hydroxylation is 2. The molecule has 0 radical (unpaired) electrons. The number of nitrogens with zero attached hydrogens (tertiary/aromatic N) is 2. The number of benzene rings is 2. The first-order valence-corrected chi connectivity index (χ1v) is 11.7. The molecule has 5 nitrogen and oxygen atoms in total. The fourth-order valence-electron chi connectivity index (χ4n) is 2.98. The largest absolute Gasteiger partial charge is 0.462 e. The molecule has 4 rings (SSSR count). The second-order valence-corrected chi connectivity index (χ2v) is 9.30. The van der Waals surface area contributed by atoms with Crippen LogP contribution in [0.5, 0.6) is 0 Å². The average Bonchev–Trinajstić information content (AvgIpc) is 3.38. The summed E-state index contributed by atoms with van der Waals surface area (Å²) in [5.74, 6) is -0.970. The Kier molecular flexibility index (Phi) is 8.37. The van der Waals surface area contributed by atoms with E-state index in [1.165, 1.54) is 46.9 Å². The van der Waals surface area contributed by atoms with Crippen LogP contribution in [-0.4, -0.2) is 27.7 Å². The van der Waals surface area contributed by atoms with E-state index in [0.717, 1.165) is 26.1 Å². The Labute approximate surface area is 198 Å². The van der Waals surface area contributed by atoms with E-state index in [4.69, 9.17) is 9.84 Å². The molecule has 2 aromatic heterocycles. The van der Waals surface area contributed by atoms with Crippen LogP contribution < -0.4 is 0 Å². The number of thiazole rings is 2. The van der Waals surface area contributed by atoms with Crippen molar-refractivity contribution in [2.45, 2.75) is 27.4 Å². The summed E-state index contributed by atoms with van der Waals surface area (Å²) in [5, 5.41) is 10.8. The highest BCUT2D eigenvalue weighted by Gasteiger charge is 2.19. The maximum atomic E-state index is 12.9. The lowest BCUT2D eigenvalue weighted by molar-refractivity contribution is 0.0532. The molecule has 0 aliphatic carbocycles. The van der Waals surface area contributed by atoms with Crippen molar-refractivity contribution < 1.29 is 23.4 Å². The van der Waals surface area contributed by atoms with Crippen LogP contribution in [0.4, 0.5) is 8.78 Å². The molecule has 1 N–H and O–H groups in total. The molecule has 2 heterocycles. The van der Waals surface area contributed by atoms with Crippen LogP contribution in [-0.2, 0) is 11.3 Å². The first kappa shape index (κ1) is 24.6. The summed E-state index contributed by atoms with van der Waals surface area (Å²) < 4.78 is 30.6. The summed E-state index contributed by atoms with van der Waals surface area (Å²) in [4.78, 5) is 21.7. The van der Waals surface area contributed by atoms with Gasteiger partial charge in [-0.25, -0.2) is 23.5 Å². The van der Waals surface area contributed by atoms with Crippen molar-refractivity contribution >= 4 is 28.6 Å². The predicted molar refractivity (Wildman–Crippen MR) is 126 cm³/mol. The van der Waals surface area contributed by atoms with Crippen LogP contribution in [0.3, 0.4) is 0 Å². The maximum Gasteiger partial charge on any atom is 0.350 e. The summed E-state index contributed by atoms with van der Waals surface area (Å²) in [6.45, 7) is 5.75. The van der Waals surface area contributed by atoms with Crippen molar-refractivity contribution in [1.82, 2.24) is 9.97 Å². The molecule has 0 atom stereocenters. The molecule has 0 aliphatic rings. The Morgan fingerprint density at radius 1 is 0.879 bits per heavy atom. The molecule has 0 saturated heterocycles. The molecule has 9 heteroatoms. The van der Waals surface area contributed by atoms with Gasteiger partial charge < -0.3 is 9.84 Å². The minimum atomic E-state index is -0.387. The molecular weight excluding hydrogens is 466 g/mol. The van der Waals surface area contributed by atoms with Gasteiger partial charge in [-0.1, -0.05) is 0 Å². The molecule has 172 valence electrons. The molecule has 4 aromatic rings. The van der Waals surface area contributed by atoms with Crippen LogP contribution in [0.25, 0.3) is 22.5 Å². The van der Waals surface area contributed by atoms with E-state index in [2.05, 4.69) is 9.97 Å². The normalized spacial score (nSPS) is 10.5. The molecule has 0 fully saturated rings. The standard InChI is InChI=1S/C13H12FNO2S.C11H10FNOS/c1-3-17-13(16)12-11(15-8(2)18-12)9-4-6-10(14)7-5-9;1-7-13-11(10(6-14)15-7)8-2-4-9(12)5-3-8/h4-7H,3H2,1-2H3;2-5,14H,6H2,1H3. The molecule has 0 bridgehead atoms. The quantitative estimate of drug-likeness (QED) is 0.340. The highest BCUT2D eigenvalue weighted by Crippen LogP contribution is 2.29. The highest BCUT2D eigenvalue weighted by atomic mass is 32.1. The Hall–Kier alpha value is -3.01. The van der Waals surface area contributed by atoms with Crippen LogP contribution >= 0.6 is 22.7 Å². The second-order valence-electron chi connectivity index (χ2n) is 6.81. The van der Waals surface area contributed by atoms with Crippen molar-refractivity contribution in [2.75, 3.05) is 6.61 Å². The number of hydrogen-bond donors (Lipinski definition) is 1. The van der Waals surface area contributed by atoms with Gasteiger partial charge in [-0.3, -0.25) is 0 Å². The molecule has 33 heavy (non-hydrogen) atoms. The van der Waals surface area contributed by atoms with Gasteiger partial charge in [0.25, 0.3) is 0 Å². The summed E-state index contributed by atoms with van der Waals surface area (Å²) >= 11 is 2.74. The first-order valence-electron chi connectivity index (χ1n) is 10.1. The smallest absolute Gasteiger partial charge is 0.350 e. The van der Waals surface area contributed by atoms with Gasteiger partial charge in [0.05, 0.1) is 39.5 Å². The fraction of sp³-hybridized carbons (Fsp3) is 0.208. The van der Waals surface area contributed by atoms with E-state index < -0.39 is 0 Å². The number of aliphatic hydroxyl groups is 1. The monoisotopic (exact) mass is 488 g/mol. The van der Waals surface area contributed by atoms with Crippen molar-refractivity contribution in [3.05, 3.63) is 79.9 Å². The van der Waals surface area contributed by atoms with Gasteiger partial charge in [0.15, 0.2) is 0 Å². The number of esters is 1. The first-order chi connectivity index (χ1) is 15.8. The lowest BCUT2D eigenvalue weighted by Crippen LogP contribution is -2.03. The Morgan fingerprint density at radius 3 is 1.88 bits per heavy atom. The van der Waals surface area contributed by atoms with E-state index in [1.54, 1.807) is 31.2 Å². The van der Waals surface area contributed by atoms with Gasteiger partial charge in [-0.05, 0) is 69.3 Å². The Bertz CT molecular complexity index is 1220. The van der Waals surface area contributed by atoms with Crippen molar-refractivity contribution in [1.29, 1.82) is 0 Å². The zero-order chi connectivity index (χ0) is 24.0. The summed E-state index contributed by atoms with van der Waals surface area (Å²) in [6, 6.07) is 12.0. The van der Waals surface area contributed by atoms with Gasteiger partial charge in [0.2, 0.25) is 0 Å². The fourth-order valence-corrected chi connectivity index (χ4v) is 4.63. The number of carbonyl (C=O) groups excluding carboxylic acids is 1.